The Balaban J connectivity index is 1.82. The molecule has 2 aromatic rings. The quantitative estimate of drug-likeness (QED) is 0.562. The average molecular weight is 433 g/mol. The number of fused-ring (bicyclic) bond motifs is 1. The molecule has 1 aliphatic heterocycles. The molecule has 0 N–H and O–H groups in total. The first kappa shape index (κ1) is 22.4. The number of carbonyl (C=O) groups is 2. The number of halogens is 1. The number of rotatable bonds is 9. The maximum Gasteiger partial charge on any atom is 0.242 e. The zero-order chi connectivity index (χ0) is 21.5. The first-order valence-electron chi connectivity index (χ1n) is 10.4. The van der Waals surface area contributed by atoms with Gasteiger partial charge >= 0.3 is 0 Å². The molecule has 0 fully saturated rings. The van der Waals surface area contributed by atoms with E-state index in [2.05, 4.69) is 0 Å². The molecule has 1 aromatic heterocycles. The van der Waals surface area contributed by atoms with E-state index in [4.69, 9.17) is 4.74 Å². The molecule has 0 radical (unpaired) electrons. The summed E-state index contributed by atoms with van der Waals surface area (Å²) < 4.78 is 18.6. The number of thiophene rings is 1. The van der Waals surface area contributed by atoms with Gasteiger partial charge in [0.25, 0.3) is 0 Å². The number of ether oxygens (including phenoxy) is 1. The predicted molar refractivity (Wildman–Crippen MR) is 116 cm³/mol. The van der Waals surface area contributed by atoms with Crippen molar-refractivity contribution in [1.82, 2.24) is 9.80 Å². The Morgan fingerprint density at radius 1 is 1.27 bits per heavy atom. The Hall–Kier alpha value is -2.25. The van der Waals surface area contributed by atoms with E-state index >= 15 is 0 Å². The van der Waals surface area contributed by atoms with Crippen LogP contribution in [0.3, 0.4) is 0 Å². The average Bonchev–Trinajstić information content (AvgIpc) is 3.22. The van der Waals surface area contributed by atoms with Crippen molar-refractivity contribution in [2.24, 2.45) is 0 Å². The van der Waals surface area contributed by atoms with Gasteiger partial charge in [-0.3, -0.25) is 9.59 Å². The monoisotopic (exact) mass is 432 g/mol. The summed E-state index contributed by atoms with van der Waals surface area (Å²) in [5.41, 5.74) is 1.98. The molecule has 0 bridgehead atoms. The molecular weight excluding hydrogens is 403 g/mol. The molecule has 0 aliphatic carbocycles. The minimum absolute atomic E-state index is 0.00600. The lowest BCUT2D eigenvalue weighted by Gasteiger charge is -2.37. The van der Waals surface area contributed by atoms with Crippen LogP contribution < -0.4 is 0 Å². The molecule has 2 heterocycles. The third kappa shape index (κ3) is 5.26. The van der Waals surface area contributed by atoms with Gasteiger partial charge in [-0.1, -0.05) is 19.1 Å². The Kier molecular flexibility index (Phi) is 7.99. The number of amides is 2. The zero-order valence-electron chi connectivity index (χ0n) is 17.6. The second-order valence-electron chi connectivity index (χ2n) is 7.50. The minimum atomic E-state index is -0.299. The lowest BCUT2D eigenvalue weighted by Crippen LogP contribution is -2.47. The topological polar surface area (TPSA) is 49.9 Å². The number of hydrogen-bond acceptors (Lipinski definition) is 4. The van der Waals surface area contributed by atoms with E-state index < -0.39 is 0 Å². The van der Waals surface area contributed by atoms with Crippen molar-refractivity contribution >= 4 is 23.2 Å². The summed E-state index contributed by atoms with van der Waals surface area (Å²) in [6.07, 6.45) is 2.66. The van der Waals surface area contributed by atoms with E-state index in [9.17, 15) is 14.0 Å². The van der Waals surface area contributed by atoms with Gasteiger partial charge in [0.2, 0.25) is 11.8 Å². The third-order valence-electron chi connectivity index (χ3n) is 5.39. The summed E-state index contributed by atoms with van der Waals surface area (Å²) in [7, 11) is 1.63. The largest absolute Gasteiger partial charge is 0.385 e. The third-order valence-corrected chi connectivity index (χ3v) is 6.39. The van der Waals surface area contributed by atoms with Crippen LogP contribution in [0.5, 0.6) is 0 Å². The molecular formula is C23H29FN2O3S. The van der Waals surface area contributed by atoms with Gasteiger partial charge in [-0.25, -0.2) is 4.39 Å². The first-order chi connectivity index (χ1) is 14.5. The highest BCUT2D eigenvalue weighted by atomic mass is 32.1. The zero-order valence-corrected chi connectivity index (χ0v) is 18.4. The number of hydrogen-bond donors (Lipinski definition) is 0. The summed E-state index contributed by atoms with van der Waals surface area (Å²) >= 11 is 1.69. The SMILES string of the molecule is CCCC(=O)N(CCCOC)CC(=O)N1CCc2sccc2C1c1ccc(F)cc1. The first-order valence-corrected chi connectivity index (χ1v) is 11.3. The lowest BCUT2D eigenvalue weighted by atomic mass is 9.93. The lowest BCUT2D eigenvalue weighted by molar-refractivity contribution is -0.142. The van der Waals surface area contributed by atoms with Gasteiger partial charge in [0.15, 0.2) is 0 Å². The van der Waals surface area contributed by atoms with E-state index in [1.54, 1.807) is 35.5 Å². The summed E-state index contributed by atoms with van der Waals surface area (Å²) in [6, 6.07) is 8.14. The van der Waals surface area contributed by atoms with Crippen molar-refractivity contribution in [3.63, 3.8) is 0 Å². The van der Waals surface area contributed by atoms with Crippen molar-refractivity contribution < 1.29 is 18.7 Å². The minimum Gasteiger partial charge on any atom is -0.385 e. The number of nitrogens with zero attached hydrogens (tertiary/aromatic N) is 2. The van der Waals surface area contributed by atoms with Gasteiger partial charge in [-0.05, 0) is 54.0 Å². The Bertz CT molecular complexity index is 852. The van der Waals surface area contributed by atoms with Gasteiger partial charge in [-0.15, -0.1) is 11.3 Å². The highest BCUT2D eigenvalue weighted by Gasteiger charge is 2.33. The van der Waals surface area contributed by atoms with E-state index in [1.807, 2.05) is 23.3 Å². The van der Waals surface area contributed by atoms with Crippen molar-refractivity contribution in [2.75, 3.05) is 33.4 Å². The van der Waals surface area contributed by atoms with Crippen LogP contribution in [0, 0.1) is 5.82 Å². The van der Waals surface area contributed by atoms with Crippen LogP contribution in [0.15, 0.2) is 35.7 Å². The summed E-state index contributed by atoms with van der Waals surface area (Å²) in [6.45, 7) is 3.64. The molecule has 2 amide bonds. The van der Waals surface area contributed by atoms with Crippen LogP contribution in [-0.4, -0.2) is 55.0 Å². The van der Waals surface area contributed by atoms with Gasteiger partial charge in [-0.2, -0.15) is 0 Å². The molecule has 0 spiro atoms. The summed E-state index contributed by atoms with van der Waals surface area (Å²) in [5.74, 6) is -0.385. The Morgan fingerprint density at radius 3 is 2.73 bits per heavy atom. The maximum atomic E-state index is 13.5. The van der Waals surface area contributed by atoms with Gasteiger partial charge in [0, 0.05) is 38.1 Å². The van der Waals surface area contributed by atoms with Crippen molar-refractivity contribution in [3.8, 4) is 0 Å². The second kappa shape index (κ2) is 10.7. The van der Waals surface area contributed by atoms with E-state index in [0.717, 1.165) is 24.0 Å². The van der Waals surface area contributed by atoms with Crippen LogP contribution >= 0.6 is 11.3 Å². The molecule has 1 unspecified atom stereocenters. The second-order valence-corrected chi connectivity index (χ2v) is 8.50. The molecule has 30 heavy (non-hydrogen) atoms. The van der Waals surface area contributed by atoms with Crippen molar-refractivity contribution in [2.45, 2.75) is 38.6 Å². The molecule has 1 aromatic carbocycles. The van der Waals surface area contributed by atoms with Crippen molar-refractivity contribution in [1.29, 1.82) is 0 Å². The summed E-state index contributed by atoms with van der Waals surface area (Å²) in [5, 5.41) is 2.04. The van der Waals surface area contributed by atoms with Gasteiger partial charge in [0.1, 0.15) is 5.82 Å². The van der Waals surface area contributed by atoms with Crippen molar-refractivity contribution in [3.05, 3.63) is 57.5 Å². The summed E-state index contributed by atoms with van der Waals surface area (Å²) in [4.78, 5) is 30.7. The molecule has 162 valence electrons. The highest BCUT2D eigenvalue weighted by Crippen LogP contribution is 2.37. The molecule has 0 saturated heterocycles. The van der Waals surface area contributed by atoms with Crippen LogP contribution in [0.4, 0.5) is 4.39 Å². The fraction of sp³-hybridized carbons (Fsp3) is 0.478. The van der Waals surface area contributed by atoms with Crippen LogP contribution in [0.25, 0.3) is 0 Å². The highest BCUT2D eigenvalue weighted by molar-refractivity contribution is 7.10. The molecule has 1 aliphatic rings. The normalized spacial score (nSPS) is 15.7. The molecule has 3 rings (SSSR count). The molecule has 1 atom stereocenters. The number of benzene rings is 1. The van der Waals surface area contributed by atoms with E-state index in [-0.39, 0.29) is 30.2 Å². The smallest absolute Gasteiger partial charge is 0.242 e. The predicted octanol–water partition coefficient (Wildman–Crippen LogP) is 4.03. The maximum absolute atomic E-state index is 13.5. The molecule has 7 heteroatoms. The number of methoxy groups -OCH3 is 1. The Labute approximate surface area is 181 Å². The fourth-order valence-electron chi connectivity index (χ4n) is 3.91. The Morgan fingerprint density at radius 2 is 2.03 bits per heavy atom. The fourth-order valence-corrected chi connectivity index (χ4v) is 4.81. The van der Waals surface area contributed by atoms with Crippen LogP contribution in [0.1, 0.15) is 48.2 Å². The molecule has 5 nitrogen and oxygen atoms in total. The molecule has 0 saturated carbocycles. The number of carbonyl (C=O) groups excluding carboxylic acids is 2. The van der Waals surface area contributed by atoms with Crippen LogP contribution in [0.2, 0.25) is 0 Å². The van der Waals surface area contributed by atoms with Crippen LogP contribution in [-0.2, 0) is 20.7 Å². The van der Waals surface area contributed by atoms with E-state index in [0.29, 0.717) is 32.5 Å². The van der Waals surface area contributed by atoms with E-state index in [1.165, 1.54) is 17.0 Å². The van der Waals surface area contributed by atoms with Gasteiger partial charge in [0.05, 0.1) is 12.6 Å². The van der Waals surface area contributed by atoms with Gasteiger partial charge < -0.3 is 14.5 Å². The standard InChI is InChI=1S/C23H29FN2O3S/c1-3-5-21(27)25(12-4-14-29-2)16-22(28)26-13-10-20-19(11-15-30-20)23(26)17-6-8-18(24)9-7-17/h6-9,11,15,23H,3-5,10,12-14,16H2,1-2H3.